The lowest BCUT2D eigenvalue weighted by Crippen LogP contribution is -1.81. The molecule has 0 aliphatic heterocycles. The first-order chi connectivity index (χ1) is 6.72. The summed E-state index contributed by atoms with van der Waals surface area (Å²) >= 11 is 4.82. The normalized spacial score (nSPS) is 10.4. The zero-order valence-electron chi connectivity index (χ0n) is 7.28. The fourth-order valence-electron chi connectivity index (χ4n) is 1.04. The summed E-state index contributed by atoms with van der Waals surface area (Å²) in [5.74, 6) is 0.582. The third-order valence-electron chi connectivity index (χ3n) is 1.66. The van der Waals surface area contributed by atoms with Gasteiger partial charge in [0.25, 0.3) is 0 Å². The van der Waals surface area contributed by atoms with Gasteiger partial charge in [0, 0.05) is 0 Å². The maximum atomic E-state index is 5.67. The highest BCUT2D eigenvalue weighted by Crippen LogP contribution is 2.41. The van der Waals surface area contributed by atoms with Gasteiger partial charge in [-0.15, -0.1) is 0 Å². The van der Waals surface area contributed by atoms with E-state index in [0.717, 1.165) is 14.4 Å². The molecule has 4 nitrogen and oxygen atoms in total. The smallest absolute Gasteiger partial charge is 0.199 e. The Balaban J connectivity index is 2.47. The van der Waals surface area contributed by atoms with Gasteiger partial charge in [0.15, 0.2) is 10.8 Å². The van der Waals surface area contributed by atoms with Gasteiger partial charge in [-0.05, 0) is 22.0 Å². The molecule has 74 valence electrons. The van der Waals surface area contributed by atoms with Gasteiger partial charge in [-0.1, -0.05) is 16.5 Å². The maximum absolute atomic E-state index is 5.67. The first-order valence-electron chi connectivity index (χ1n) is 3.76. The van der Waals surface area contributed by atoms with Crippen molar-refractivity contribution in [1.29, 1.82) is 0 Å². The summed E-state index contributed by atoms with van der Waals surface area (Å²) in [5.41, 5.74) is 6.20. The number of ether oxygens (including phenoxy) is 1. The Morgan fingerprint density at radius 2 is 2.43 bits per heavy atom. The molecule has 0 spiro atoms. The van der Waals surface area contributed by atoms with Crippen LogP contribution in [0.5, 0.6) is 5.06 Å². The molecular weight excluding hydrogens is 268 g/mol. The Hall–Kier alpha value is -1.01. The van der Waals surface area contributed by atoms with Crippen LogP contribution in [0.25, 0.3) is 10.6 Å². The minimum absolute atomic E-state index is 0.529. The van der Waals surface area contributed by atoms with Crippen LogP contribution in [0.1, 0.15) is 0 Å². The Labute approximate surface area is 92.8 Å². The van der Waals surface area contributed by atoms with Crippen LogP contribution in [0, 0.1) is 0 Å². The van der Waals surface area contributed by atoms with E-state index in [1.807, 2.05) is 6.07 Å². The molecule has 0 atom stereocenters. The summed E-state index contributed by atoms with van der Waals surface area (Å²) in [7, 11) is 1.62. The molecule has 0 saturated heterocycles. The predicted octanol–water partition coefficient (Wildman–Crippen LogP) is 2.76. The fraction of sp³-hybridized carbons (Fsp3) is 0.125. The third kappa shape index (κ3) is 1.51. The van der Waals surface area contributed by atoms with Crippen LogP contribution in [-0.2, 0) is 0 Å². The summed E-state index contributed by atoms with van der Waals surface area (Å²) in [4.78, 5) is 0.892. The maximum Gasteiger partial charge on any atom is 0.199 e. The van der Waals surface area contributed by atoms with Crippen LogP contribution >= 0.6 is 27.3 Å². The fourth-order valence-corrected chi connectivity index (χ4v) is 2.69. The number of nitrogens with zero attached hydrogens (tertiary/aromatic N) is 1. The molecule has 14 heavy (non-hydrogen) atoms. The number of nitrogens with two attached hydrogens (primary N) is 1. The molecule has 0 radical (unpaired) electrons. The molecule has 0 aliphatic rings. The van der Waals surface area contributed by atoms with Crippen LogP contribution < -0.4 is 10.5 Å². The van der Waals surface area contributed by atoms with E-state index in [4.69, 9.17) is 15.0 Å². The molecule has 2 aromatic heterocycles. The molecule has 6 heteroatoms. The van der Waals surface area contributed by atoms with Crippen molar-refractivity contribution in [2.45, 2.75) is 0 Å². The summed E-state index contributed by atoms with van der Waals surface area (Å²) in [6.07, 6.45) is 1.48. The average molecular weight is 275 g/mol. The van der Waals surface area contributed by atoms with E-state index in [2.05, 4.69) is 21.1 Å². The van der Waals surface area contributed by atoms with E-state index in [9.17, 15) is 0 Å². The standard InChI is InChI=1S/C8H7BrN2O2S/c1-12-8-4(9)2-6(14-8)7-5(10)3-11-13-7/h2-3H,10H2,1H3. The van der Waals surface area contributed by atoms with E-state index in [0.29, 0.717) is 11.4 Å². The third-order valence-corrected chi connectivity index (χ3v) is 3.61. The van der Waals surface area contributed by atoms with Gasteiger partial charge in [0.2, 0.25) is 0 Å². The molecule has 0 unspecified atom stereocenters. The van der Waals surface area contributed by atoms with Crippen LogP contribution in [-0.4, -0.2) is 12.3 Å². The Morgan fingerprint density at radius 3 is 2.93 bits per heavy atom. The van der Waals surface area contributed by atoms with Crippen molar-refractivity contribution >= 4 is 33.0 Å². The highest BCUT2D eigenvalue weighted by atomic mass is 79.9. The van der Waals surface area contributed by atoms with Gasteiger partial charge in [0.05, 0.1) is 22.7 Å². The van der Waals surface area contributed by atoms with Gasteiger partial charge in [-0.25, -0.2) is 0 Å². The number of thiophene rings is 1. The Morgan fingerprint density at radius 1 is 1.64 bits per heavy atom. The molecule has 2 aromatic rings. The summed E-state index contributed by atoms with van der Waals surface area (Å²) in [6.45, 7) is 0. The molecule has 0 aliphatic carbocycles. The lowest BCUT2D eigenvalue weighted by Gasteiger charge is -1.92. The number of hydrogen-bond donors (Lipinski definition) is 1. The average Bonchev–Trinajstić information content (AvgIpc) is 2.71. The van der Waals surface area contributed by atoms with Gasteiger partial charge >= 0.3 is 0 Å². The van der Waals surface area contributed by atoms with Crippen molar-refractivity contribution in [3.05, 3.63) is 16.7 Å². The van der Waals surface area contributed by atoms with Crippen LogP contribution in [0.15, 0.2) is 21.3 Å². The largest absolute Gasteiger partial charge is 0.486 e. The first-order valence-corrected chi connectivity index (χ1v) is 5.37. The summed E-state index contributed by atoms with van der Waals surface area (Å²) in [5, 5.41) is 4.40. The molecule has 2 N–H and O–H groups in total. The van der Waals surface area contributed by atoms with Crippen LogP contribution in [0.4, 0.5) is 5.69 Å². The molecule has 0 bridgehead atoms. The summed E-state index contributed by atoms with van der Waals surface area (Å²) < 4.78 is 11.0. The van der Waals surface area contributed by atoms with E-state index >= 15 is 0 Å². The first kappa shape index (κ1) is 9.54. The highest BCUT2D eigenvalue weighted by Gasteiger charge is 2.14. The van der Waals surface area contributed by atoms with Crippen LogP contribution in [0.3, 0.4) is 0 Å². The van der Waals surface area contributed by atoms with Gasteiger partial charge < -0.3 is 15.0 Å². The van der Waals surface area contributed by atoms with Crippen molar-refractivity contribution in [3.8, 4) is 15.7 Å². The van der Waals surface area contributed by atoms with Crippen LogP contribution in [0.2, 0.25) is 0 Å². The molecule has 2 rings (SSSR count). The number of methoxy groups -OCH3 is 1. The minimum Gasteiger partial charge on any atom is -0.486 e. The topological polar surface area (TPSA) is 61.3 Å². The minimum atomic E-state index is 0.529. The second-order valence-corrected chi connectivity index (χ2v) is 4.43. The Kier molecular flexibility index (Phi) is 2.47. The molecule has 2 heterocycles. The number of anilines is 1. The number of hydrogen-bond acceptors (Lipinski definition) is 5. The van der Waals surface area contributed by atoms with Crippen molar-refractivity contribution in [2.24, 2.45) is 0 Å². The zero-order chi connectivity index (χ0) is 10.1. The highest BCUT2D eigenvalue weighted by molar-refractivity contribution is 9.10. The number of halogens is 1. The number of rotatable bonds is 2. The molecule has 0 fully saturated rings. The van der Waals surface area contributed by atoms with Gasteiger partial charge in [0.1, 0.15) is 5.69 Å². The summed E-state index contributed by atoms with van der Waals surface area (Å²) in [6, 6.07) is 1.89. The van der Waals surface area contributed by atoms with Gasteiger partial charge in [-0.2, -0.15) is 0 Å². The lowest BCUT2D eigenvalue weighted by atomic mass is 10.3. The van der Waals surface area contributed by atoms with Crippen molar-refractivity contribution in [3.63, 3.8) is 0 Å². The second-order valence-electron chi connectivity index (χ2n) is 2.56. The number of nitrogen functional groups attached to an aromatic ring is 1. The molecule has 0 aromatic carbocycles. The predicted molar refractivity (Wildman–Crippen MR) is 58.5 cm³/mol. The molecule has 0 saturated carbocycles. The molecular formula is C8H7BrN2O2S. The monoisotopic (exact) mass is 274 g/mol. The second kappa shape index (κ2) is 3.62. The molecule has 0 amide bonds. The lowest BCUT2D eigenvalue weighted by molar-refractivity contribution is 0.425. The van der Waals surface area contributed by atoms with E-state index in [-0.39, 0.29) is 0 Å². The van der Waals surface area contributed by atoms with E-state index in [1.54, 1.807) is 7.11 Å². The van der Waals surface area contributed by atoms with Crippen molar-refractivity contribution < 1.29 is 9.26 Å². The van der Waals surface area contributed by atoms with E-state index < -0.39 is 0 Å². The number of aromatic nitrogens is 1. The SMILES string of the molecule is COc1sc(-c2oncc2N)cc1Br. The van der Waals surface area contributed by atoms with Crippen molar-refractivity contribution in [1.82, 2.24) is 5.16 Å². The zero-order valence-corrected chi connectivity index (χ0v) is 9.68. The van der Waals surface area contributed by atoms with Gasteiger partial charge in [-0.3, -0.25) is 0 Å². The quantitative estimate of drug-likeness (QED) is 0.915. The Bertz CT molecular complexity index is 452. The van der Waals surface area contributed by atoms with Crippen molar-refractivity contribution in [2.75, 3.05) is 12.8 Å². The van der Waals surface area contributed by atoms with E-state index in [1.165, 1.54) is 17.5 Å².